The highest BCUT2D eigenvalue weighted by molar-refractivity contribution is 5.94. The first-order chi connectivity index (χ1) is 15.3. The molecule has 0 aliphatic carbocycles. The average molecular weight is 414 g/mol. The Morgan fingerprint density at radius 2 is 1.42 bits per heavy atom. The summed E-state index contributed by atoms with van der Waals surface area (Å²) >= 11 is 0. The fraction of sp³-hybridized carbons (Fsp3) is 0.370. The van der Waals surface area contributed by atoms with E-state index in [2.05, 4.69) is 64.4 Å². The zero-order chi connectivity index (χ0) is 21.0. The van der Waals surface area contributed by atoms with Crippen LogP contribution in [-0.2, 0) is 13.1 Å². The monoisotopic (exact) mass is 413 g/mol. The molecule has 0 aromatic heterocycles. The molecule has 5 rings (SSSR count). The van der Waals surface area contributed by atoms with Crippen LogP contribution >= 0.6 is 0 Å². The third kappa shape index (κ3) is 4.65. The van der Waals surface area contributed by atoms with Gasteiger partial charge < -0.3 is 4.90 Å². The SMILES string of the molecule is O=C(c1cccc(CN2CCCC2)c1)N1CCN(Cc2cccc3ccccc23)CC1. The molecule has 0 radical (unpaired) electrons. The highest BCUT2D eigenvalue weighted by atomic mass is 16.2. The Morgan fingerprint density at radius 3 is 2.26 bits per heavy atom. The number of likely N-dealkylation sites (tertiary alicyclic amines) is 1. The van der Waals surface area contributed by atoms with Crippen molar-refractivity contribution in [2.45, 2.75) is 25.9 Å². The molecule has 1 amide bonds. The highest BCUT2D eigenvalue weighted by Crippen LogP contribution is 2.21. The molecule has 4 nitrogen and oxygen atoms in total. The maximum Gasteiger partial charge on any atom is 0.253 e. The van der Waals surface area contributed by atoms with E-state index in [1.807, 2.05) is 17.0 Å². The Balaban J connectivity index is 1.20. The zero-order valence-corrected chi connectivity index (χ0v) is 18.2. The van der Waals surface area contributed by atoms with Crippen molar-refractivity contribution in [2.75, 3.05) is 39.3 Å². The van der Waals surface area contributed by atoms with E-state index in [-0.39, 0.29) is 5.91 Å². The van der Waals surface area contributed by atoms with E-state index in [9.17, 15) is 4.79 Å². The summed E-state index contributed by atoms with van der Waals surface area (Å²) in [7, 11) is 0. The summed E-state index contributed by atoms with van der Waals surface area (Å²) in [6, 6.07) is 23.4. The quantitative estimate of drug-likeness (QED) is 0.621. The van der Waals surface area contributed by atoms with Crippen molar-refractivity contribution in [3.05, 3.63) is 83.4 Å². The molecule has 0 saturated carbocycles. The minimum absolute atomic E-state index is 0.174. The van der Waals surface area contributed by atoms with Gasteiger partial charge in [0, 0.05) is 44.8 Å². The van der Waals surface area contributed by atoms with Gasteiger partial charge in [-0.25, -0.2) is 0 Å². The van der Waals surface area contributed by atoms with Crippen LogP contribution in [0.25, 0.3) is 10.8 Å². The van der Waals surface area contributed by atoms with Crippen molar-refractivity contribution in [2.24, 2.45) is 0 Å². The number of rotatable bonds is 5. The van der Waals surface area contributed by atoms with E-state index in [0.29, 0.717) is 0 Å². The number of fused-ring (bicyclic) bond motifs is 1. The molecule has 0 unspecified atom stereocenters. The van der Waals surface area contributed by atoms with E-state index in [1.54, 1.807) is 0 Å². The molecule has 2 aliphatic rings. The minimum atomic E-state index is 0.174. The molecule has 160 valence electrons. The normalized spacial score (nSPS) is 18.0. The predicted octanol–water partition coefficient (Wildman–Crippen LogP) is 4.39. The van der Waals surface area contributed by atoms with Gasteiger partial charge in [-0.2, -0.15) is 0 Å². The summed E-state index contributed by atoms with van der Waals surface area (Å²) in [5, 5.41) is 2.63. The van der Waals surface area contributed by atoms with Crippen molar-refractivity contribution in [3.63, 3.8) is 0 Å². The van der Waals surface area contributed by atoms with Gasteiger partial charge in [-0.3, -0.25) is 14.6 Å². The molecular weight excluding hydrogens is 382 g/mol. The summed E-state index contributed by atoms with van der Waals surface area (Å²) in [5.41, 5.74) is 3.45. The lowest BCUT2D eigenvalue weighted by molar-refractivity contribution is 0.0628. The number of nitrogens with zero attached hydrogens (tertiary/aromatic N) is 3. The van der Waals surface area contributed by atoms with Gasteiger partial charge in [0.2, 0.25) is 0 Å². The third-order valence-corrected chi connectivity index (χ3v) is 6.71. The van der Waals surface area contributed by atoms with Crippen LogP contribution in [0.5, 0.6) is 0 Å². The first kappa shape index (κ1) is 20.2. The largest absolute Gasteiger partial charge is 0.336 e. The molecule has 0 N–H and O–H groups in total. The summed E-state index contributed by atoms with van der Waals surface area (Å²) in [4.78, 5) is 20.1. The molecule has 2 fully saturated rings. The topological polar surface area (TPSA) is 26.8 Å². The third-order valence-electron chi connectivity index (χ3n) is 6.71. The van der Waals surface area contributed by atoms with E-state index in [1.165, 1.54) is 47.8 Å². The number of hydrogen-bond acceptors (Lipinski definition) is 3. The molecule has 2 saturated heterocycles. The van der Waals surface area contributed by atoms with Gasteiger partial charge in [0.1, 0.15) is 0 Å². The molecular formula is C27H31N3O. The Hall–Kier alpha value is -2.69. The van der Waals surface area contributed by atoms with Crippen LogP contribution in [0.3, 0.4) is 0 Å². The van der Waals surface area contributed by atoms with Gasteiger partial charge in [-0.1, -0.05) is 54.6 Å². The molecule has 4 heteroatoms. The Kier molecular flexibility index (Phi) is 6.01. The minimum Gasteiger partial charge on any atom is -0.336 e. The first-order valence-corrected chi connectivity index (χ1v) is 11.6. The van der Waals surface area contributed by atoms with Gasteiger partial charge in [0.25, 0.3) is 5.91 Å². The van der Waals surface area contributed by atoms with Crippen LogP contribution in [0.4, 0.5) is 0 Å². The average Bonchev–Trinajstić information content (AvgIpc) is 3.33. The molecule has 2 aliphatic heterocycles. The summed E-state index contributed by atoms with van der Waals surface area (Å²) in [5.74, 6) is 0.174. The standard InChI is InChI=1S/C27H31N3O/c31-27(24-10-5-7-22(19-24)20-28-13-3-4-14-28)30-17-15-29(16-18-30)21-25-11-6-9-23-8-1-2-12-26(23)25/h1-2,5-12,19H,3-4,13-18,20-21H2. The molecule has 0 spiro atoms. The summed E-state index contributed by atoms with van der Waals surface area (Å²) in [6.45, 7) is 7.67. The first-order valence-electron chi connectivity index (χ1n) is 11.6. The van der Waals surface area contributed by atoms with E-state index in [0.717, 1.165) is 44.8 Å². The Bertz CT molecular complexity index is 1040. The van der Waals surface area contributed by atoms with E-state index >= 15 is 0 Å². The lowest BCUT2D eigenvalue weighted by atomic mass is 10.0. The van der Waals surface area contributed by atoms with Gasteiger partial charge in [0.15, 0.2) is 0 Å². The van der Waals surface area contributed by atoms with Crippen molar-refractivity contribution in [1.29, 1.82) is 0 Å². The number of benzene rings is 3. The number of carbonyl (C=O) groups excluding carboxylic acids is 1. The molecule has 0 atom stereocenters. The molecule has 2 heterocycles. The zero-order valence-electron chi connectivity index (χ0n) is 18.2. The second kappa shape index (κ2) is 9.21. The van der Waals surface area contributed by atoms with E-state index in [4.69, 9.17) is 0 Å². The predicted molar refractivity (Wildman–Crippen MR) is 126 cm³/mol. The second-order valence-electron chi connectivity index (χ2n) is 8.89. The van der Waals surface area contributed by atoms with Gasteiger partial charge in [-0.05, 0) is 60.0 Å². The number of amides is 1. The van der Waals surface area contributed by atoms with Crippen LogP contribution in [-0.4, -0.2) is 59.9 Å². The molecule has 3 aromatic carbocycles. The fourth-order valence-corrected chi connectivity index (χ4v) is 4.96. The fourth-order valence-electron chi connectivity index (χ4n) is 4.96. The molecule has 0 bridgehead atoms. The van der Waals surface area contributed by atoms with Crippen molar-refractivity contribution in [3.8, 4) is 0 Å². The molecule has 3 aromatic rings. The van der Waals surface area contributed by atoms with Crippen LogP contribution < -0.4 is 0 Å². The van der Waals surface area contributed by atoms with Crippen LogP contribution in [0.1, 0.15) is 34.3 Å². The van der Waals surface area contributed by atoms with E-state index < -0.39 is 0 Å². The lowest BCUT2D eigenvalue weighted by Crippen LogP contribution is -2.48. The van der Waals surface area contributed by atoms with Crippen LogP contribution in [0, 0.1) is 0 Å². The maximum atomic E-state index is 13.1. The van der Waals surface area contributed by atoms with Crippen molar-refractivity contribution in [1.82, 2.24) is 14.7 Å². The second-order valence-corrected chi connectivity index (χ2v) is 8.89. The smallest absolute Gasteiger partial charge is 0.253 e. The van der Waals surface area contributed by atoms with Gasteiger partial charge in [-0.15, -0.1) is 0 Å². The summed E-state index contributed by atoms with van der Waals surface area (Å²) < 4.78 is 0. The number of hydrogen-bond donors (Lipinski definition) is 0. The number of piperazine rings is 1. The Morgan fingerprint density at radius 1 is 0.710 bits per heavy atom. The van der Waals surface area contributed by atoms with Crippen molar-refractivity contribution >= 4 is 16.7 Å². The Labute approximate surface area is 185 Å². The van der Waals surface area contributed by atoms with Gasteiger partial charge in [0.05, 0.1) is 0 Å². The van der Waals surface area contributed by atoms with Crippen LogP contribution in [0.15, 0.2) is 66.7 Å². The van der Waals surface area contributed by atoms with Crippen LogP contribution in [0.2, 0.25) is 0 Å². The number of carbonyl (C=O) groups is 1. The lowest BCUT2D eigenvalue weighted by Gasteiger charge is -2.35. The van der Waals surface area contributed by atoms with Crippen molar-refractivity contribution < 1.29 is 4.79 Å². The highest BCUT2D eigenvalue weighted by Gasteiger charge is 2.23. The maximum absolute atomic E-state index is 13.1. The summed E-state index contributed by atoms with van der Waals surface area (Å²) in [6.07, 6.45) is 2.59. The van der Waals surface area contributed by atoms with Gasteiger partial charge >= 0.3 is 0 Å². The molecule has 31 heavy (non-hydrogen) atoms.